The standard InChI is InChI=1S/C25H27F3N2O5S/c1-24(2,36(34,35)17-6-3-5-16(13-17)25(26,27)28)15-9-11-30(12-10-15)23(33)19-14-21(32)18-7-4-8-20(31)22(18)29-19/h3,5-6,8,13-15,31H,4,7,9-12H2,1-2H3,(H,29,32). The van der Waals surface area contributed by atoms with Crippen LogP contribution >= 0.6 is 0 Å². The number of aliphatic hydroxyl groups is 1. The number of hydrogen-bond acceptors (Lipinski definition) is 6. The summed E-state index contributed by atoms with van der Waals surface area (Å²) in [5, 5.41) is 20.4. The van der Waals surface area contributed by atoms with Crippen LogP contribution in [0.3, 0.4) is 0 Å². The van der Waals surface area contributed by atoms with Gasteiger partial charge in [-0.05, 0) is 69.7 Å². The molecular formula is C25H27F3N2O5S. The van der Waals surface area contributed by atoms with Gasteiger partial charge >= 0.3 is 6.18 Å². The highest BCUT2D eigenvalue weighted by Gasteiger charge is 2.45. The summed E-state index contributed by atoms with van der Waals surface area (Å²) in [4.78, 5) is 18.4. The smallest absolute Gasteiger partial charge is 0.416 e. The number of aromatic hydroxyl groups is 1. The van der Waals surface area contributed by atoms with E-state index >= 15 is 0 Å². The number of hydrogen-bond donors (Lipinski definition) is 2. The maximum atomic E-state index is 13.4. The first-order valence-corrected chi connectivity index (χ1v) is 13.1. The van der Waals surface area contributed by atoms with Crippen LogP contribution in [0.4, 0.5) is 13.2 Å². The van der Waals surface area contributed by atoms with Crippen molar-refractivity contribution >= 4 is 21.5 Å². The number of fused-ring (bicyclic) bond motifs is 1. The summed E-state index contributed by atoms with van der Waals surface area (Å²) >= 11 is 0. The zero-order chi connectivity index (χ0) is 26.5. The molecule has 1 aromatic carbocycles. The molecule has 0 radical (unpaired) electrons. The van der Waals surface area contributed by atoms with E-state index in [-0.39, 0.29) is 40.9 Å². The van der Waals surface area contributed by atoms with Crippen molar-refractivity contribution in [1.82, 2.24) is 9.88 Å². The Morgan fingerprint density at radius 3 is 2.42 bits per heavy atom. The molecule has 0 saturated carbocycles. The highest BCUT2D eigenvalue weighted by Crippen LogP contribution is 2.40. The van der Waals surface area contributed by atoms with Crippen LogP contribution in [0.1, 0.15) is 60.4 Å². The van der Waals surface area contributed by atoms with E-state index in [0.717, 1.165) is 12.1 Å². The second-order valence-electron chi connectivity index (χ2n) is 9.68. The maximum absolute atomic E-state index is 13.4. The van der Waals surface area contributed by atoms with E-state index in [2.05, 4.69) is 4.98 Å². The van der Waals surface area contributed by atoms with Gasteiger partial charge in [0.15, 0.2) is 9.84 Å². The summed E-state index contributed by atoms with van der Waals surface area (Å²) in [6.45, 7) is 3.44. The molecule has 11 heteroatoms. The number of rotatable bonds is 4. The molecule has 1 amide bonds. The molecule has 0 spiro atoms. The molecule has 1 aliphatic heterocycles. The minimum atomic E-state index is -4.66. The molecule has 7 nitrogen and oxygen atoms in total. The number of likely N-dealkylation sites (tertiary alicyclic amines) is 1. The molecule has 2 N–H and O–H groups in total. The van der Waals surface area contributed by atoms with Gasteiger partial charge in [-0.1, -0.05) is 6.07 Å². The van der Waals surface area contributed by atoms with E-state index in [0.29, 0.717) is 37.3 Å². The number of piperidine rings is 1. The van der Waals surface area contributed by atoms with Gasteiger partial charge in [0.1, 0.15) is 22.9 Å². The van der Waals surface area contributed by atoms with E-state index in [1.165, 1.54) is 30.9 Å². The summed E-state index contributed by atoms with van der Waals surface area (Å²) in [7, 11) is -4.12. The molecule has 1 aliphatic carbocycles. The first kappa shape index (κ1) is 26.0. The average Bonchev–Trinajstić information content (AvgIpc) is 2.83. The lowest BCUT2D eigenvalue weighted by Gasteiger charge is -2.40. The molecular weight excluding hydrogens is 497 g/mol. The van der Waals surface area contributed by atoms with Crippen molar-refractivity contribution in [2.24, 2.45) is 5.92 Å². The zero-order valence-electron chi connectivity index (χ0n) is 19.8. The first-order valence-electron chi connectivity index (χ1n) is 11.6. The molecule has 2 aromatic rings. The van der Waals surface area contributed by atoms with Crippen LogP contribution in [-0.4, -0.2) is 52.3 Å². The molecule has 1 saturated heterocycles. The van der Waals surface area contributed by atoms with Crippen LogP contribution < -0.4 is 0 Å². The predicted octanol–water partition coefficient (Wildman–Crippen LogP) is 4.76. The third-order valence-electron chi connectivity index (χ3n) is 7.22. The Bertz CT molecular complexity index is 1330. The van der Waals surface area contributed by atoms with Crippen molar-refractivity contribution in [3.8, 4) is 5.75 Å². The van der Waals surface area contributed by atoms with Crippen LogP contribution in [0, 0.1) is 5.92 Å². The fourth-order valence-corrected chi connectivity index (χ4v) is 6.70. The molecule has 0 bridgehead atoms. The Balaban J connectivity index is 1.51. The molecule has 2 heterocycles. The number of carbonyl (C=O) groups excluding carboxylic acids is 1. The van der Waals surface area contributed by atoms with Crippen molar-refractivity contribution in [3.05, 3.63) is 58.9 Å². The van der Waals surface area contributed by atoms with Gasteiger partial charge in [-0.2, -0.15) is 13.2 Å². The number of halogens is 3. The number of pyridine rings is 1. The quantitative estimate of drug-likeness (QED) is 0.598. The second kappa shape index (κ2) is 9.10. The lowest BCUT2D eigenvalue weighted by Crippen LogP contribution is -2.47. The summed E-state index contributed by atoms with van der Waals surface area (Å²) in [6.07, 6.45) is -1.41. The Morgan fingerprint density at radius 1 is 1.11 bits per heavy atom. The number of sulfone groups is 1. The topological polar surface area (TPSA) is 108 Å². The monoisotopic (exact) mass is 524 g/mol. The number of alkyl halides is 3. The number of allylic oxidation sites excluding steroid dienone is 1. The molecule has 1 fully saturated rings. The van der Waals surface area contributed by atoms with Crippen LogP contribution in [0.5, 0.6) is 5.75 Å². The van der Waals surface area contributed by atoms with Crippen LogP contribution in [-0.2, 0) is 22.4 Å². The summed E-state index contributed by atoms with van der Waals surface area (Å²) in [5.41, 5.74) is -0.400. The highest BCUT2D eigenvalue weighted by atomic mass is 32.2. The second-order valence-corrected chi connectivity index (χ2v) is 12.2. The third-order valence-corrected chi connectivity index (χ3v) is 9.82. The maximum Gasteiger partial charge on any atom is 0.416 e. The molecule has 0 atom stereocenters. The van der Waals surface area contributed by atoms with E-state index in [4.69, 9.17) is 0 Å². The lowest BCUT2D eigenvalue weighted by molar-refractivity contribution is -0.137. The number of aliphatic hydroxyl groups excluding tert-OH is 1. The Morgan fingerprint density at radius 2 is 1.78 bits per heavy atom. The Kier molecular flexibility index (Phi) is 6.57. The van der Waals surface area contributed by atoms with Gasteiger partial charge in [-0.15, -0.1) is 0 Å². The molecule has 2 aliphatic rings. The summed E-state index contributed by atoms with van der Waals surface area (Å²) in [5.74, 6) is -1.07. The van der Waals surface area contributed by atoms with Gasteiger partial charge in [0.25, 0.3) is 5.91 Å². The van der Waals surface area contributed by atoms with Gasteiger partial charge in [0.05, 0.1) is 15.2 Å². The zero-order valence-corrected chi connectivity index (χ0v) is 20.7. The molecule has 1 aromatic heterocycles. The van der Waals surface area contributed by atoms with E-state index < -0.39 is 38.1 Å². The SMILES string of the molecule is CC(C)(C1CCN(C(=O)c2cc(O)c3c(n2)C(O)=CCC3)CC1)S(=O)(=O)c1cccc(C(F)(F)F)c1. The predicted molar refractivity (Wildman–Crippen MR) is 126 cm³/mol. The number of carbonyl (C=O) groups is 1. The van der Waals surface area contributed by atoms with Gasteiger partial charge in [0.2, 0.25) is 0 Å². The van der Waals surface area contributed by atoms with Gasteiger partial charge < -0.3 is 15.1 Å². The average molecular weight is 525 g/mol. The van der Waals surface area contributed by atoms with Crippen molar-refractivity contribution < 1.29 is 36.6 Å². The normalized spacial score (nSPS) is 17.5. The number of benzene rings is 1. The van der Waals surface area contributed by atoms with Crippen molar-refractivity contribution in [2.45, 2.75) is 55.3 Å². The minimum absolute atomic E-state index is 0.0256. The fourth-order valence-electron chi connectivity index (χ4n) is 4.88. The summed E-state index contributed by atoms with van der Waals surface area (Å²) < 4.78 is 64.8. The number of nitrogens with zero attached hydrogens (tertiary/aromatic N) is 2. The van der Waals surface area contributed by atoms with Crippen molar-refractivity contribution in [1.29, 1.82) is 0 Å². The number of amides is 1. The highest BCUT2D eigenvalue weighted by molar-refractivity contribution is 7.92. The Hall–Kier alpha value is -3.08. The summed E-state index contributed by atoms with van der Waals surface area (Å²) in [6, 6.07) is 5.02. The molecule has 194 valence electrons. The van der Waals surface area contributed by atoms with E-state index in [1.807, 2.05) is 0 Å². The van der Waals surface area contributed by atoms with Crippen molar-refractivity contribution in [3.63, 3.8) is 0 Å². The van der Waals surface area contributed by atoms with Crippen LogP contribution in [0.2, 0.25) is 0 Å². The van der Waals surface area contributed by atoms with Gasteiger partial charge in [-0.25, -0.2) is 13.4 Å². The fraction of sp³-hybridized carbons (Fsp3) is 0.440. The van der Waals surface area contributed by atoms with Crippen molar-refractivity contribution in [2.75, 3.05) is 13.1 Å². The molecule has 0 unspecified atom stereocenters. The molecule has 36 heavy (non-hydrogen) atoms. The third kappa shape index (κ3) is 4.56. The first-order chi connectivity index (χ1) is 16.7. The lowest BCUT2D eigenvalue weighted by atomic mass is 9.85. The minimum Gasteiger partial charge on any atom is -0.508 e. The van der Waals surface area contributed by atoms with E-state index in [1.54, 1.807) is 6.08 Å². The number of aromatic nitrogens is 1. The van der Waals surface area contributed by atoms with E-state index in [9.17, 15) is 36.6 Å². The largest absolute Gasteiger partial charge is 0.508 e. The van der Waals surface area contributed by atoms with Crippen LogP contribution in [0.15, 0.2) is 41.3 Å². The van der Waals surface area contributed by atoms with Gasteiger partial charge in [0, 0.05) is 24.7 Å². The Labute approximate surface area is 207 Å². The van der Waals surface area contributed by atoms with Crippen LogP contribution in [0.25, 0.3) is 5.76 Å². The molecule has 4 rings (SSSR count). The van der Waals surface area contributed by atoms with Gasteiger partial charge in [-0.3, -0.25) is 4.79 Å².